The predicted octanol–water partition coefficient (Wildman–Crippen LogP) is 0.0246. The summed E-state index contributed by atoms with van der Waals surface area (Å²) < 4.78 is 1.13. The van der Waals surface area contributed by atoms with Gasteiger partial charge in [-0.25, -0.2) is 4.98 Å². The zero-order chi connectivity index (χ0) is 14.0. The highest BCUT2D eigenvalue weighted by atomic mass is 32.2. The molecule has 0 atom stereocenters. The van der Waals surface area contributed by atoms with Crippen LogP contribution in [0, 0.1) is 12.3 Å². The molecule has 4 N–H and O–H groups in total. The van der Waals surface area contributed by atoms with Crippen LogP contribution in [-0.2, 0) is 4.79 Å². The largest absolute Gasteiger partial charge is 0.379 e. The first-order valence-electron chi connectivity index (χ1n) is 5.10. The quantitative estimate of drug-likeness (QED) is 0.542. The Hall–Kier alpha value is -1.94. The first-order valence-corrected chi connectivity index (χ1v) is 6.90. The second-order valence-corrected chi connectivity index (χ2v) is 5.51. The number of hydrogen-bond acceptors (Lipinski definition) is 7. The smallest absolute Gasteiger partial charge is 0.275 e. The van der Waals surface area contributed by atoms with Gasteiger partial charge in [0.15, 0.2) is 5.17 Å². The van der Waals surface area contributed by atoms with Crippen molar-refractivity contribution in [3.8, 4) is 0 Å². The third-order valence-electron chi connectivity index (χ3n) is 1.98. The van der Waals surface area contributed by atoms with E-state index in [1.807, 2.05) is 0 Å². The fourth-order valence-electron chi connectivity index (χ4n) is 1.27. The highest BCUT2D eigenvalue weighted by molar-refractivity contribution is 8.14. The number of amides is 1. The summed E-state index contributed by atoms with van der Waals surface area (Å²) in [6.45, 7) is 1.71. The first-order chi connectivity index (χ1) is 8.95. The molecule has 0 aliphatic carbocycles. The van der Waals surface area contributed by atoms with Crippen LogP contribution in [-0.4, -0.2) is 31.4 Å². The number of aromatic nitrogens is 3. The molecule has 0 fully saturated rings. The van der Waals surface area contributed by atoms with Crippen molar-refractivity contribution in [3.63, 3.8) is 0 Å². The Kier molecular flexibility index (Phi) is 3.81. The van der Waals surface area contributed by atoms with Crippen molar-refractivity contribution in [1.82, 2.24) is 14.6 Å². The van der Waals surface area contributed by atoms with Gasteiger partial charge in [0.2, 0.25) is 16.0 Å². The van der Waals surface area contributed by atoms with E-state index in [2.05, 4.69) is 15.4 Å². The summed E-state index contributed by atoms with van der Waals surface area (Å²) in [5.41, 5.74) is 5.43. The van der Waals surface area contributed by atoms with Crippen LogP contribution in [0.15, 0.2) is 10.9 Å². The number of anilines is 1. The van der Waals surface area contributed by atoms with E-state index in [9.17, 15) is 9.59 Å². The lowest BCUT2D eigenvalue weighted by molar-refractivity contribution is -0.113. The van der Waals surface area contributed by atoms with Gasteiger partial charge in [0.1, 0.15) is 0 Å². The molecule has 0 aromatic carbocycles. The predicted molar refractivity (Wildman–Crippen MR) is 74.9 cm³/mol. The molecule has 0 spiro atoms. The first kappa shape index (κ1) is 13.5. The van der Waals surface area contributed by atoms with Gasteiger partial charge in [-0.1, -0.05) is 23.1 Å². The number of fused-ring (bicyclic) bond motifs is 1. The van der Waals surface area contributed by atoms with Crippen LogP contribution in [0.1, 0.15) is 5.69 Å². The average Bonchev–Trinajstić information content (AvgIpc) is 2.69. The molecular formula is C9H10N6O2S2. The third-order valence-corrected chi connectivity index (χ3v) is 3.52. The number of rotatable bonds is 3. The molecule has 0 aliphatic rings. The van der Waals surface area contributed by atoms with Gasteiger partial charge in [0.25, 0.3) is 5.56 Å². The van der Waals surface area contributed by atoms with Crippen LogP contribution in [0.5, 0.6) is 0 Å². The van der Waals surface area contributed by atoms with Gasteiger partial charge in [-0.2, -0.15) is 4.52 Å². The molecule has 2 rings (SSSR count). The number of nitrogens with one attached hydrogen (secondary N) is 2. The van der Waals surface area contributed by atoms with E-state index >= 15 is 0 Å². The van der Waals surface area contributed by atoms with Gasteiger partial charge in [-0.15, -0.1) is 5.10 Å². The molecule has 2 heterocycles. The Labute approximate surface area is 115 Å². The van der Waals surface area contributed by atoms with Crippen LogP contribution in [0.25, 0.3) is 4.96 Å². The second-order valence-electron chi connectivity index (χ2n) is 3.54. The number of hydrogen-bond donors (Lipinski definition) is 3. The highest BCUT2D eigenvalue weighted by Gasteiger charge is 2.10. The number of carbonyl (C=O) groups excluding carboxylic acids is 1. The van der Waals surface area contributed by atoms with Crippen molar-refractivity contribution in [3.05, 3.63) is 22.1 Å². The van der Waals surface area contributed by atoms with Crippen LogP contribution in [0.2, 0.25) is 0 Å². The molecule has 19 heavy (non-hydrogen) atoms. The molecule has 1 amide bonds. The van der Waals surface area contributed by atoms with Crippen LogP contribution < -0.4 is 16.6 Å². The lowest BCUT2D eigenvalue weighted by Crippen LogP contribution is -2.18. The topological polar surface area (TPSA) is 126 Å². The van der Waals surface area contributed by atoms with Crippen molar-refractivity contribution in [2.45, 2.75) is 6.92 Å². The summed E-state index contributed by atoms with van der Waals surface area (Å²) in [6, 6.07) is 1.37. The molecule has 2 aromatic rings. The number of nitrogens with two attached hydrogens (primary N) is 1. The Balaban J connectivity index is 2.18. The summed E-state index contributed by atoms with van der Waals surface area (Å²) in [6.07, 6.45) is 0. The Morgan fingerprint density at radius 3 is 3.11 bits per heavy atom. The molecule has 0 radical (unpaired) electrons. The van der Waals surface area contributed by atoms with Crippen molar-refractivity contribution in [2.24, 2.45) is 5.73 Å². The summed E-state index contributed by atoms with van der Waals surface area (Å²) in [4.78, 5) is 27.7. The molecule has 0 bridgehead atoms. The van der Waals surface area contributed by atoms with E-state index in [0.717, 1.165) is 27.6 Å². The maximum Gasteiger partial charge on any atom is 0.275 e. The number of aryl methyl sites for hydroxylation is 1. The van der Waals surface area contributed by atoms with Crippen molar-refractivity contribution in [1.29, 1.82) is 5.41 Å². The third kappa shape index (κ3) is 3.29. The van der Waals surface area contributed by atoms with E-state index in [1.54, 1.807) is 6.92 Å². The lowest BCUT2D eigenvalue weighted by Gasteiger charge is -1.98. The maximum absolute atomic E-state index is 11.6. The monoisotopic (exact) mass is 298 g/mol. The van der Waals surface area contributed by atoms with E-state index in [-0.39, 0.29) is 27.5 Å². The van der Waals surface area contributed by atoms with Gasteiger partial charge in [-0.3, -0.25) is 20.3 Å². The minimum Gasteiger partial charge on any atom is -0.379 e. The van der Waals surface area contributed by atoms with E-state index in [0.29, 0.717) is 10.7 Å². The normalized spacial score (nSPS) is 10.6. The van der Waals surface area contributed by atoms with Crippen molar-refractivity contribution >= 4 is 44.3 Å². The minimum absolute atomic E-state index is 0.0205. The molecule has 0 saturated carbocycles. The molecule has 2 aromatic heterocycles. The SMILES string of the molecule is Cc1cc(=O)n2nc(NC(=O)CSC(=N)N)sc2n1. The zero-order valence-corrected chi connectivity index (χ0v) is 11.5. The Morgan fingerprint density at radius 2 is 2.42 bits per heavy atom. The van der Waals surface area contributed by atoms with Gasteiger partial charge in [0.05, 0.1) is 5.75 Å². The lowest BCUT2D eigenvalue weighted by atomic mass is 10.5. The number of carbonyl (C=O) groups is 1. The Morgan fingerprint density at radius 1 is 1.68 bits per heavy atom. The van der Waals surface area contributed by atoms with Gasteiger partial charge in [-0.05, 0) is 6.92 Å². The minimum atomic E-state index is -0.343. The maximum atomic E-state index is 11.6. The standard InChI is InChI=1S/C9H10N6O2S2/c1-4-2-6(17)15-9(12-4)19-8(14-15)13-5(16)3-18-7(10)11/h2H,3H2,1H3,(H3,10,11)(H,13,14,16). The van der Waals surface area contributed by atoms with Crippen LogP contribution in [0.4, 0.5) is 5.13 Å². The van der Waals surface area contributed by atoms with Crippen molar-refractivity contribution < 1.29 is 4.79 Å². The second kappa shape index (κ2) is 5.36. The Bertz CT molecular complexity index is 706. The molecule has 8 nitrogen and oxygen atoms in total. The van der Waals surface area contributed by atoms with Crippen LogP contribution >= 0.6 is 23.1 Å². The van der Waals surface area contributed by atoms with E-state index in [1.165, 1.54) is 6.07 Å². The molecule has 10 heteroatoms. The fraction of sp³-hybridized carbons (Fsp3) is 0.222. The van der Waals surface area contributed by atoms with Crippen LogP contribution in [0.3, 0.4) is 0 Å². The molecule has 0 unspecified atom stereocenters. The molecule has 0 saturated heterocycles. The number of nitrogens with zero attached hydrogens (tertiary/aromatic N) is 3. The van der Waals surface area contributed by atoms with Crippen molar-refractivity contribution in [2.75, 3.05) is 11.1 Å². The number of amidine groups is 1. The number of thioether (sulfide) groups is 1. The summed E-state index contributed by atoms with van der Waals surface area (Å²) in [5.74, 6) is -0.323. The fourth-order valence-corrected chi connectivity index (χ4v) is 2.50. The summed E-state index contributed by atoms with van der Waals surface area (Å²) in [5, 5.41) is 13.6. The summed E-state index contributed by atoms with van der Waals surface area (Å²) in [7, 11) is 0. The van der Waals surface area contributed by atoms with E-state index < -0.39 is 0 Å². The van der Waals surface area contributed by atoms with Gasteiger partial charge in [0, 0.05) is 11.8 Å². The molecular weight excluding hydrogens is 288 g/mol. The average molecular weight is 298 g/mol. The molecule has 0 aliphatic heterocycles. The summed E-state index contributed by atoms with van der Waals surface area (Å²) >= 11 is 2.02. The zero-order valence-electron chi connectivity index (χ0n) is 9.84. The highest BCUT2D eigenvalue weighted by Crippen LogP contribution is 2.16. The van der Waals surface area contributed by atoms with Gasteiger partial charge < -0.3 is 5.73 Å². The molecule has 100 valence electrons. The van der Waals surface area contributed by atoms with Gasteiger partial charge >= 0.3 is 0 Å². The van der Waals surface area contributed by atoms with E-state index in [4.69, 9.17) is 11.1 Å².